The molecule has 0 spiro atoms. The average Bonchev–Trinajstić information content (AvgIpc) is 3.51. The molecule has 214 valence electrons. The molecule has 8 rings (SSSR count). The molecule has 0 nitrogen and oxygen atoms in total. The average molecular weight is 567 g/mol. The Bertz CT molecular complexity index is 1830. The molecule has 0 atom stereocenters. The largest absolute Gasteiger partial charge is 0.0619 e. The minimum absolute atomic E-state index is 0.259. The molecular formula is C44H38. The lowest BCUT2D eigenvalue weighted by Gasteiger charge is -2.40. The number of hydrogen-bond acceptors (Lipinski definition) is 0. The van der Waals surface area contributed by atoms with Crippen molar-refractivity contribution >= 4 is 0 Å². The van der Waals surface area contributed by atoms with Crippen molar-refractivity contribution in [3.8, 4) is 22.3 Å². The van der Waals surface area contributed by atoms with Crippen LogP contribution in [0.15, 0.2) is 133 Å². The highest BCUT2D eigenvalue weighted by atomic mass is 14.5. The number of rotatable bonds is 5. The van der Waals surface area contributed by atoms with Crippen molar-refractivity contribution < 1.29 is 0 Å². The van der Waals surface area contributed by atoms with Gasteiger partial charge in [0.2, 0.25) is 0 Å². The van der Waals surface area contributed by atoms with Crippen molar-refractivity contribution in [1.82, 2.24) is 0 Å². The third kappa shape index (κ3) is 3.64. The molecule has 0 amide bonds. The third-order valence-corrected chi connectivity index (χ3v) is 11.0. The molecule has 6 aromatic carbocycles. The summed E-state index contributed by atoms with van der Waals surface area (Å²) in [6.45, 7) is 8.98. The SMILES string of the molecule is Cc1ccc(C2(CCC3(c4ccc(C)c(C)c4)c4ccccc4-c4ccccc43)c3ccccc3-c3ccccc32)cc1C. The molecule has 0 bridgehead atoms. The van der Waals surface area contributed by atoms with Gasteiger partial charge in [-0.25, -0.2) is 0 Å². The van der Waals surface area contributed by atoms with Crippen molar-refractivity contribution in [2.24, 2.45) is 0 Å². The molecule has 0 heteroatoms. The van der Waals surface area contributed by atoms with Gasteiger partial charge in [-0.3, -0.25) is 0 Å². The number of hydrogen-bond donors (Lipinski definition) is 0. The fourth-order valence-corrected chi connectivity index (χ4v) is 8.49. The Morgan fingerprint density at radius 1 is 0.341 bits per heavy atom. The Balaban J connectivity index is 1.42. The highest BCUT2D eigenvalue weighted by Gasteiger charge is 2.50. The maximum Gasteiger partial charge on any atom is 0.0464 e. The standard InChI is InChI=1S/C44H38/c1-29-21-23-33(27-31(29)3)43(39-17-9-5-13-35(39)36-14-6-10-18-40(36)43)25-26-44(34-24-22-30(2)32(4)28-34)41-19-11-7-15-37(41)38-16-8-12-20-42(38)44/h5-24,27-28H,25-26H2,1-4H3. The molecule has 0 N–H and O–H groups in total. The molecule has 0 saturated heterocycles. The molecule has 44 heavy (non-hydrogen) atoms. The van der Waals surface area contributed by atoms with Crippen LogP contribution in [-0.2, 0) is 10.8 Å². The second-order valence-electron chi connectivity index (χ2n) is 13.1. The summed E-state index contributed by atoms with van der Waals surface area (Å²) in [6, 6.07) is 51.0. The van der Waals surface area contributed by atoms with Gasteiger partial charge in [0.15, 0.2) is 0 Å². The number of benzene rings is 6. The third-order valence-electron chi connectivity index (χ3n) is 11.0. The lowest BCUT2D eigenvalue weighted by Crippen LogP contribution is -2.34. The molecule has 0 unspecified atom stereocenters. The first-order chi connectivity index (χ1) is 21.4. The van der Waals surface area contributed by atoms with Gasteiger partial charge < -0.3 is 0 Å². The Morgan fingerprint density at radius 3 is 0.932 bits per heavy atom. The van der Waals surface area contributed by atoms with E-state index in [1.807, 2.05) is 0 Å². The molecule has 0 radical (unpaired) electrons. The normalized spacial score (nSPS) is 14.9. The zero-order valence-corrected chi connectivity index (χ0v) is 26.1. The lowest BCUT2D eigenvalue weighted by molar-refractivity contribution is 0.463. The van der Waals surface area contributed by atoms with E-state index in [0.29, 0.717) is 0 Å². The smallest absolute Gasteiger partial charge is 0.0464 e. The fraction of sp³-hybridized carbons (Fsp3) is 0.182. The quantitative estimate of drug-likeness (QED) is 0.195. The van der Waals surface area contributed by atoms with Crippen molar-refractivity contribution in [1.29, 1.82) is 0 Å². The summed E-state index contributed by atoms with van der Waals surface area (Å²) in [5, 5.41) is 0. The summed E-state index contributed by atoms with van der Waals surface area (Å²) in [5.41, 5.74) is 18.9. The predicted molar refractivity (Wildman–Crippen MR) is 185 cm³/mol. The van der Waals surface area contributed by atoms with E-state index in [2.05, 4.69) is 161 Å². The monoisotopic (exact) mass is 566 g/mol. The van der Waals surface area contributed by atoms with Crippen LogP contribution in [0.2, 0.25) is 0 Å². The molecule has 0 heterocycles. The van der Waals surface area contributed by atoms with E-state index in [1.165, 1.54) is 77.9 Å². The number of fused-ring (bicyclic) bond motifs is 6. The van der Waals surface area contributed by atoms with E-state index in [4.69, 9.17) is 0 Å². The minimum atomic E-state index is -0.259. The summed E-state index contributed by atoms with van der Waals surface area (Å²) in [6.07, 6.45) is 1.97. The van der Waals surface area contributed by atoms with Gasteiger partial charge in [-0.2, -0.15) is 0 Å². The first kappa shape index (κ1) is 26.9. The molecule has 0 aliphatic heterocycles. The van der Waals surface area contributed by atoms with Gasteiger partial charge in [-0.15, -0.1) is 0 Å². The maximum absolute atomic E-state index is 2.47. The van der Waals surface area contributed by atoms with Crippen molar-refractivity contribution in [3.63, 3.8) is 0 Å². The van der Waals surface area contributed by atoms with Crippen LogP contribution in [0.25, 0.3) is 22.3 Å². The lowest BCUT2D eigenvalue weighted by atomic mass is 9.62. The minimum Gasteiger partial charge on any atom is -0.0619 e. The van der Waals surface area contributed by atoms with Crippen LogP contribution in [0.5, 0.6) is 0 Å². The Labute approximate surface area is 262 Å². The summed E-state index contributed by atoms with van der Waals surface area (Å²) in [7, 11) is 0. The molecule has 2 aliphatic carbocycles. The second-order valence-corrected chi connectivity index (χ2v) is 13.1. The summed E-state index contributed by atoms with van der Waals surface area (Å²) < 4.78 is 0. The van der Waals surface area contributed by atoms with Crippen LogP contribution >= 0.6 is 0 Å². The zero-order valence-electron chi connectivity index (χ0n) is 26.1. The van der Waals surface area contributed by atoms with Crippen molar-refractivity contribution in [3.05, 3.63) is 189 Å². The summed E-state index contributed by atoms with van der Waals surface area (Å²) in [5.74, 6) is 0. The topological polar surface area (TPSA) is 0 Å². The van der Waals surface area contributed by atoms with Crippen LogP contribution < -0.4 is 0 Å². The van der Waals surface area contributed by atoms with Gasteiger partial charge in [0, 0.05) is 10.8 Å². The summed E-state index contributed by atoms with van der Waals surface area (Å²) >= 11 is 0. The van der Waals surface area contributed by atoms with Crippen LogP contribution in [-0.4, -0.2) is 0 Å². The first-order valence-corrected chi connectivity index (χ1v) is 16.0. The van der Waals surface area contributed by atoms with Gasteiger partial charge in [-0.05, 0) is 118 Å². The zero-order chi connectivity index (χ0) is 30.1. The van der Waals surface area contributed by atoms with Crippen LogP contribution in [0, 0.1) is 27.7 Å². The van der Waals surface area contributed by atoms with E-state index >= 15 is 0 Å². The maximum atomic E-state index is 2.47. The highest BCUT2D eigenvalue weighted by molar-refractivity contribution is 5.85. The Morgan fingerprint density at radius 2 is 0.636 bits per heavy atom. The number of aryl methyl sites for hydroxylation is 4. The fourth-order valence-electron chi connectivity index (χ4n) is 8.49. The van der Waals surface area contributed by atoms with Crippen LogP contribution in [0.3, 0.4) is 0 Å². The van der Waals surface area contributed by atoms with E-state index < -0.39 is 0 Å². The Kier molecular flexibility index (Phi) is 6.07. The van der Waals surface area contributed by atoms with Crippen molar-refractivity contribution in [2.75, 3.05) is 0 Å². The van der Waals surface area contributed by atoms with Crippen LogP contribution in [0.4, 0.5) is 0 Å². The van der Waals surface area contributed by atoms with E-state index in [1.54, 1.807) is 0 Å². The molecule has 0 fully saturated rings. The molecule has 2 aliphatic rings. The highest BCUT2D eigenvalue weighted by Crippen LogP contribution is 2.60. The molecule has 0 saturated carbocycles. The van der Waals surface area contributed by atoms with Gasteiger partial charge in [0.05, 0.1) is 0 Å². The molecular weight excluding hydrogens is 528 g/mol. The second kappa shape index (κ2) is 9.93. The van der Waals surface area contributed by atoms with E-state index in [-0.39, 0.29) is 10.8 Å². The van der Waals surface area contributed by atoms with Gasteiger partial charge in [0.1, 0.15) is 0 Å². The van der Waals surface area contributed by atoms with Gasteiger partial charge in [-0.1, -0.05) is 133 Å². The predicted octanol–water partition coefficient (Wildman–Crippen LogP) is 11.0. The van der Waals surface area contributed by atoms with E-state index in [0.717, 1.165) is 12.8 Å². The van der Waals surface area contributed by atoms with Gasteiger partial charge >= 0.3 is 0 Å². The first-order valence-electron chi connectivity index (χ1n) is 16.0. The summed E-state index contributed by atoms with van der Waals surface area (Å²) in [4.78, 5) is 0. The molecule has 6 aromatic rings. The van der Waals surface area contributed by atoms with E-state index in [9.17, 15) is 0 Å². The van der Waals surface area contributed by atoms with Crippen LogP contribution in [0.1, 0.15) is 68.5 Å². The van der Waals surface area contributed by atoms with Crippen molar-refractivity contribution in [2.45, 2.75) is 51.4 Å². The molecule has 0 aromatic heterocycles. The van der Waals surface area contributed by atoms with Gasteiger partial charge in [0.25, 0.3) is 0 Å². The Hall–Kier alpha value is -4.68.